The van der Waals surface area contributed by atoms with Gasteiger partial charge in [0.15, 0.2) is 11.5 Å². The summed E-state index contributed by atoms with van der Waals surface area (Å²) in [5, 5.41) is 4.34. The highest BCUT2D eigenvalue weighted by Crippen LogP contribution is 2.38. The molecule has 0 aliphatic carbocycles. The third kappa shape index (κ3) is 3.74. The zero-order valence-electron chi connectivity index (χ0n) is 14.6. The predicted octanol–water partition coefficient (Wildman–Crippen LogP) is 2.94. The van der Waals surface area contributed by atoms with Crippen LogP contribution in [-0.4, -0.2) is 36.1 Å². The molecule has 2 aromatic carbocycles. The zero-order valence-corrected chi connectivity index (χ0v) is 14.6. The van der Waals surface area contributed by atoms with Crippen LogP contribution in [0.1, 0.15) is 17.0 Å². The van der Waals surface area contributed by atoms with Gasteiger partial charge in [0.25, 0.3) is 0 Å². The monoisotopic (exact) mass is 339 g/mol. The summed E-state index contributed by atoms with van der Waals surface area (Å²) in [4.78, 5) is 4.40. The van der Waals surface area contributed by atoms with Crippen molar-refractivity contribution in [2.45, 2.75) is 13.0 Å². The van der Waals surface area contributed by atoms with E-state index in [1.807, 2.05) is 35.0 Å². The van der Waals surface area contributed by atoms with Gasteiger partial charge in [0.05, 0.1) is 27.9 Å². The Bertz CT molecular complexity index is 806. The maximum absolute atomic E-state index is 5.42. The highest BCUT2D eigenvalue weighted by atomic mass is 16.5. The van der Waals surface area contributed by atoms with E-state index in [9.17, 15) is 0 Å². The highest BCUT2D eigenvalue weighted by Gasteiger charge is 2.15. The van der Waals surface area contributed by atoms with Crippen molar-refractivity contribution in [1.29, 1.82) is 0 Å². The van der Waals surface area contributed by atoms with Crippen molar-refractivity contribution in [2.24, 2.45) is 0 Å². The third-order valence-corrected chi connectivity index (χ3v) is 3.96. The first-order valence-corrected chi connectivity index (χ1v) is 7.94. The van der Waals surface area contributed by atoms with Crippen LogP contribution < -0.4 is 14.2 Å². The lowest BCUT2D eigenvalue weighted by atomic mass is 10.1. The summed E-state index contributed by atoms with van der Waals surface area (Å²) in [6.45, 7) is 0.681. The molecule has 0 spiro atoms. The minimum atomic E-state index is 0.583. The summed E-state index contributed by atoms with van der Waals surface area (Å²) in [5.74, 6) is 2.72. The van der Waals surface area contributed by atoms with Crippen molar-refractivity contribution in [1.82, 2.24) is 14.8 Å². The third-order valence-electron chi connectivity index (χ3n) is 3.96. The van der Waals surface area contributed by atoms with Crippen molar-refractivity contribution < 1.29 is 14.2 Å². The molecule has 6 heteroatoms. The van der Waals surface area contributed by atoms with Crippen molar-refractivity contribution in [3.05, 3.63) is 65.7 Å². The molecule has 3 rings (SSSR count). The lowest BCUT2D eigenvalue weighted by molar-refractivity contribution is 0.324. The molecule has 0 unspecified atom stereocenters. The second-order valence-corrected chi connectivity index (χ2v) is 5.53. The van der Waals surface area contributed by atoms with Crippen molar-refractivity contribution in [3.63, 3.8) is 0 Å². The molecule has 1 heterocycles. The summed E-state index contributed by atoms with van der Waals surface area (Å²) >= 11 is 0. The number of ether oxygens (including phenoxy) is 3. The minimum Gasteiger partial charge on any atom is -0.493 e. The Balaban J connectivity index is 1.87. The molecule has 6 nitrogen and oxygen atoms in total. The molecule has 3 aromatic rings. The molecule has 0 radical (unpaired) electrons. The van der Waals surface area contributed by atoms with E-state index in [0.717, 1.165) is 11.4 Å². The van der Waals surface area contributed by atoms with Crippen LogP contribution >= 0.6 is 0 Å². The normalized spacial score (nSPS) is 10.5. The second-order valence-electron chi connectivity index (χ2n) is 5.53. The molecule has 0 aliphatic heterocycles. The van der Waals surface area contributed by atoms with E-state index in [1.165, 1.54) is 5.56 Å². The number of rotatable bonds is 7. The van der Waals surface area contributed by atoms with Gasteiger partial charge in [0.1, 0.15) is 12.2 Å². The number of benzene rings is 2. The Morgan fingerprint density at radius 2 is 1.56 bits per heavy atom. The van der Waals surface area contributed by atoms with Crippen LogP contribution in [0.4, 0.5) is 0 Å². The van der Waals surface area contributed by atoms with E-state index in [2.05, 4.69) is 22.2 Å². The second kappa shape index (κ2) is 7.70. The van der Waals surface area contributed by atoms with E-state index >= 15 is 0 Å². The van der Waals surface area contributed by atoms with Gasteiger partial charge in [0.2, 0.25) is 5.75 Å². The van der Waals surface area contributed by atoms with Gasteiger partial charge in [-0.05, 0) is 23.3 Å². The van der Waals surface area contributed by atoms with Gasteiger partial charge in [0, 0.05) is 6.42 Å². The van der Waals surface area contributed by atoms with E-state index < -0.39 is 0 Å². The first kappa shape index (κ1) is 16.8. The summed E-state index contributed by atoms with van der Waals surface area (Å²) in [5.41, 5.74) is 2.19. The molecular formula is C19H21N3O3. The standard InChI is InChI=1S/C19H21N3O3/c1-23-16-9-15(10-17(24-2)19(16)25-3)11-18-20-13-21-22(18)12-14-7-5-4-6-8-14/h4-10,13H,11-12H2,1-3H3. The first-order chi connectivity index (χ1) is 12.2. The molecule has 25 heavy (non-hydrogen) atoms. The highest BCUT2D eigenvalue weighted by molar-refractivity contribution is 5.54. The molecule has 0 fully saturated rings. The first-order valence-electron chi connectivity index (χ1n) is 7.94. The lowest BCUT2D eigenvalue weighted by Crippen LogP contribution is -2.08. The molecule has 0 bridgehead atoms. The smallest absolute Gasteiger partial charge is 0.203 e. The molecule has 0 N–H and O–H groups in total. The van der Waals surface area contributed by atoms with Crippen LogP contribution in [0.15, 0.2) is 48.8 Å². The number of nitrogens with zero attached hydrogens (tertiary/aromatic N) is 3. The summed E-state index contributed by atoms with van der Waals surface area (Å²) in [6, 6.07) is 14.1. The van der Waals surface area contributed by atoms with E-state index in [-0.39, 0.29) is 0 Å². The van der Waals surface area contributed by atoms with E-state index in [4.69, 9.17) is 14.2 Å². The van der Waals surface area contributed by atoms with Crippen molar-refractivity contribution >= 4 is 0 Å². The van der Waals surface area contributed by atoms with E-state index in [1.54, 1.807) is 27.7 Å². The van der Waals surface area contributed by atoms with Crippen LogP contribution in [-0.2, 0) is 13.0 Å². The van der Waals surface area contributed by atoms with Gasteiger partial charge in [-0.2, -0.15) is 5.10 Å². The number of methoxy groups -OCH3 is 3. The van der Waals surface area contributed by atoms with Crippen LogP contribution in [0.5, 0.6) is 17.2 Å². The predicted molar refractivity (Wildman–Crippen MR) is 94.5 cm³/mol. The SMILES string of the molecule is COc1cc(Cc2ncnn2Cc2ccccc2)cc(OC)c1OC. The molecule has 0 amide bonds. The Hall–Kier alpha value is -3.02. The van der Waals surface area contributed by atoms with Gasteiger partial charge < -0.3 is 14.2 Å². The van der Waals surface area contributed by atoms with Gasteiger partial charge in [-0.25, -0.2) is 9.67 Å². The number of hydrogen-bond donors (Lipinski definition) is 0. The van der Waals surface area contributed by atoms with Gasteiger partial charge in [-0.3, -0.25) is 0 Å². The van der Waals surface area contributed by atoms with Gasteiger partial charge in [-0.1, -0.05) is 30.3 Å². The maximum Gasteiger partial charge on any atom is 0.203 e. The number of aromatic nitrogens is 3. The summed E-state index contributed by atoms with van der Waals surface area (Å²) in [6.07, 6.45) is 2.19. The molecule has 0 atom stereocenters. The Kier molecular flexibility index (Phi) is 5.18. The molecule has 1 aromatic heterocycles. The summed E-state index contributed by atoms with van der Waals surface area (Å²) < 4.78 is 18.1. The molecule has 0 aliphatic rings. The lowest BCUT2D eigenvalue weighted by Gasteiger charge is -2.14. The van der Waals surface area contributed by atoms with Crippen LogP contribution in [0.2, 0.25) is 0 Å². The van der Waals surface area contributed by atoms with Crippen LogP contribution in [0.3, 0.4) is 0 Å². The van der Waals surface area contributed by atoms with Crippen molar-refractivity contribution in [3.8, 4) is 17.2 Å². The molecular weight excluding hydrogens is 318 g/mol. The average Bonchev–Trinajstić information content (AvgIpc) is 3.08. The fraction of sp³-hybridized carbons (Fsp3) is 0.263. The zero-order chi connectivity index (χ0) is 17.6. The van der Waals surface area contributed by atoms with Gasteiger partial charge >= 0.3 is 0 Å². The fourth-order valence-electron chi connectivity index (χ4n) is 2.73. The Labute approximate surface area is 147 Å². The van der Waals surface area contributed by atoms with E-state index in [0.29, 0.717) is 30.2 Å². The Morgan fingerprint density at radius 1 is 0.880 bits per heavy atom. The van der Waals surface area contributed by atoms with Gasteiger partial charge in [-0.15, -0.1) is 0 Å². The Morgan fingerprint density at radius 3 is 2.16 bits per heavy atom. The molecule has 0 saturated heterocycles. The largest absolute Gasteiger partial charge is 0.493 e. The van der Waals surface area contributed by atoms with Crippen LogP contribution in [0.25, 0.3) is 0 Å². The van der Waals surface area contributed by atoms with Crippen LogP contribution in [0, 0.1) is 0 Å². The molecule has 0 saturated carbocycles. The number of hydrogen-bond acceptors (Lipinski definition) is 5. The quantitative estimate of drug-likeness (QED) is 0.662. The molecule has 130 valence electrons. The fourth-order valence-corrected chi connectivity index (χ4v) is 2.73. The topological polar surface area (TPSA) is 58.4 Å². The summed E-state index contributed by atoms with van der Waals surface area (Å²) in [7, 11) is 4.81. The maximum atomic E-state index is 5.42. The average molecular weight is 339 g/mol. The van der Waals surface area contributed by atoms with Crippen molar-refractivity contribution in [2.75, 3.05) is 21.3 Å². The minimum absolute atomic E-state index is 0.583.